The average molecular weight is 399 g/mol. The third-order valence-corrected chi connectivity index (χ3v) is 6.75. The zero-order valence-electron chi connectivity index (χ0n) is 13.2. The molecule has 1 amide bonds. The fourth-order valence-electron chi connectivity index (χ4n) is 2.65. The molecule has 2 aromatic rings. The molecular formula is C17H16Cl2N2O3S. The fraction of sp³-hybridized carbons (Fsp3) is 0.235. The predicted octanol–water partition coefficient (Wildman–Crippen LogP) is 4.03. The lowest BCUT2D eigenvalue weighted by molar-refractivity contribution is 0.102. The van der Waals surface area contributed by atoms with Gasteiger partial charge in [0.05, 0.1) is 20.6 Å². The number of hydrogen-bond donors (Lipinski definition) is 1. The van der Waals surface area contributed by atoms with Gasteiger partial charge >= 0.3 is 0 Å². The smallest absolute Gasteiger partial charge is 0.255 e. The summed E-state index contributed by atoms with van der Waals surface area (Å²) < 4.78 is 26.4. The number of sulfonamides is 1. The van der Waals surface area contributed by atoms with Gasteiger partial charge in [-0.25, -0.2) is 8.42 Å². The molecule has 1 aliphatic rings. The van der Waals surface area contributed by atoms with Gasteiger partial charge < -0.3 is 5.32 Å². The molecule has 132 valence electrons. The fourth-order valence-corrected chi connectivity index (χ4v) is 4.52. The molecule has 0 atom stereocenters. The molecule has 1 saturated heterocycles. The van der Waals surface area contributed by atoms with E-state index in [0.29, 0.717) is 29.4 Å². The van der Waals surface area contributed by atoms with Crippen LogP contribution in [0.3, 0.4) is 0 Å². The summed E-state index contributed by atoms with van der Waals surface area (Å²) in [6.07, 6.45) is 1.75. The van der Waals surface area contributed by atoms with E-state index < -0.39 is 15.9 Å². The summed E-state index contributed by atoms with van der Waals surface area (Å²) in [6.45, 7) is 1.08. The van der Waals surface area contributed by atoms with E-state index in [-0.39, 0.29) is 9.92 Å². The number of hydrogen-bond acceptors (Lipinski definition) is 3. The van der Waals surface area contributed by atoms with Gasteiger partial charge in [0.1, 0.15) is 0 Å². The van der Waals surface area contributed by atoms with Gasteiger partial charge in [-0.05, 0) is 49.2 Å². The minimum atomic E-state index is -3.49. The Bertz CT molecular complexity index is 893. The van der Waals surface area contributed by atoms with Crippen LogP contribution in [0, 0.1) is 0 Å². The van der Waals surface area contributed by atoms with E-state index in [1.54, 1.807) is 18.2 Å². The summed E-state index contributed by atoms with van der Waals surface area (Å²) in [4.78, 5) is 12.5. The standard InChI is InChI=1S/C17H16Cl2N2O3S/c18-14-4-3-5-15(16(14)19)20-17(22)12-6-8-13(9-7-12)25(23,24)21-10-1-2-11-21/h3-9H,1-2,10-11H2,(H,20,22). The maximum absolute atomic E-state index is 12.5. The zero-order valence-corrected chi connectivity index (χ0v) is 15.5. The molecule has 3 rings (SSSR count). The number of rotatable bonds is 4. The summed E-state index contributed by atoms with van der Waals surface area (Å²) >= 11 is 12.0. The van der Waals surface area contributed by atoms with Crippen molar-refractivity contribution in [3.8, 4) is 0 Å². The maximum Gasteiger partial charge on any atom is 0.255 e. The van der Waals surface area contributed by atoms with E-state index in [1.165, 1.54) is 28.6 Å². The SMILES string of the molecule is O=C(Nc1cccc(Cl)c1Cl)c1ccc(S(=O)(=O)N2CCCC2)cc1. The largest absolute Gasteiger partial charge is 0.321 e. The van der Waals surface area contributed by atoms with Crippen LogP contribution in [0.25, 0.3) is 0 Å². The first kappa shape index (κ1) is 18.2. The number of nitrogens with one attached hydrogen (secondary N) is 1. The van der Waals surface area contributed by atoms with Gasteiger partial charge in [-0.2, -0.15) is 4.31 Å². The molecule has 1 N–H and O–H groups in total. The van der Waals surface area contributed by atoms with Crippen LogP contribution in [-0.4, -0.2) is 31.7 Å². The lowest BCUT2D eigenvalue weighted by Crippen LogP contribution is -2.27. The lowest BCUT2D eigenvalue weighted by atomic mass is 10.2. The van der Waals surface area contributed by atoms with E-state index >= 15 is 0 Å². The Morgan fingerprint density at radius 1 is 1.00 bits per heavy atom. The number of carbonyl (C=O) groups excluding carboxylic acids is 1. The van der Waals surface area contributed by atoms with Crippen LogP contribution in [0.4, 0.5) is 5.69 Å². The van der Waals surface area contributed by atoms with Crippen molar-refractivity contribution in [3.63, 3.8) is 0 Å². The molecule has 0 unspecified atom stereocenters. The Hall–Kier alpha value is -1.60. The Morgan fingerprint density at radius 3 is 2.28 bits per heavy atom. The molecule has 25 heavy (non-hydrogen) atoms. The quantitative estimate of drug-likeness (QED) is 0.844. The summed E-state index contributed by atoms with van der Waals surface area (Å²) in [5.41, 5.74) is 0.726. The van der Waals surface area contributed by atoms with Gasteiger partial charge in [-0.15, -0.1) is 0 Å². The van der Waals surface area contributed by atoms with E-state index in [0.717, 1.165) is 12.8 Å². The molecule has 1 fully saturated rings. The minimum absolute atomic E-state index is 0.187. The van der Waals surface area contributed by atoms with Crippen molar-refractivity contribution in [2.24, 2.45) is 0 Å². The number of carbonyl (C=O) groups is 1. The second-order valence-corrected chi connectivity index (χ2v) is 8.41. The summed E-state index contributed by atoms with van der Waals surface area (Å²) in [7, 11) is -3.49. The third-order valence-electron chi connectivity index (χ3n) is 4.02. The van der Waals surface area contributed by atoms with Gasteiger partial charge in [0.15, 0.2) is 0 Å². The van der Waals surface area contributed by atoms with E-state index in [4.69, 9.17) is 23.2 Å². The van der Waals surface area contributed by atoms with Crippen molar-refractivity contribution >= 4 is 44.8 Å². The van der Waals surface area contributed by atoms with Crippen LogP contribution in [0.15, 0.2) is 47.4 Å². The summed E-state index contributed by atoms with van der Waals surface area (Å²) in [6, 6.07) is 10.8. The highest BCUT2D eigenvalue weighted by Gasteiger charge is 2.27. The second kappa shape index (κ2) is 7.33. The first-order valence-electron chi connectivity index (χ1n) is 7.75. The number of benzene rings is 2. The highest BCUT2D eigenvalue weighted by Crippen LogP contribution is 2.30. The van der Waals surface area contributed by atoms with Crippen molar-refractivity contribution in [2.45, 2.75) is 17.7 Å². The molecule has 5 nitrogen and oxygen atoms in total. The number of anilines is 1. The first-order chi connectivity index (χ1) is 11.9. The molecule has 0 radical (unpaired) electrons. The Kier molecular flexibility index (Phi) is 5.34. The highest BCUT2D eigenvalue weighted by molar-refractivity contribution is 7.89. The molecule has 1 aliphatic heterocycles. The molecular weight excluding hydrogens is 383 g/mol. The van der Waals surface area contributed by atoms with Crippen LogP contribution in [0.1, 0.15) is 23.2 Å². The molecule has 0 aromatic heterocycles. The van der Waals surface area contributed by atoms with Crippen molar-refractivity contribution in [3.05, 3.63) is 58.1 Å². The van der Waals surface area contributed by atoms with Crippen molar-refractivity contribution in [2.75, 3.05) is 18.4 Å². The zero-order chi connectivity index (χ0) is 18.0. The Labute approximate surface area is 156 Å². The van der Waals surface area contributed by atoms with Gasteiger partial charge in [0, 0.05) is 18.7 Å². The average Bonchev–Trinajstić information content (AvgIpc) is 3.14. The number of nitrogens with zero attached hydrogens (tertiary/aromatic N) is 1. The first-order valence-corrected chi connectivity index (χ1v) is 9.95. The van der Waals surface area contributed by atoms with Crippen LogP contribution in [0.2, 0.25) is 10.0 Å². The molecule has 2 aromatic carbocycles. The maximum atomic E-state index is 12.5. The van der Waals surface area contributed by atoms with Gasteiger partial charge in [-0.3, -0.25) is 4.79 Å². The topological polar surface area (TPSA) is 66.5 Å². The van der Waals surface area contributed by atoms with Crippen LogP contribution < -0.4 is 5.32 Å². The third kappa shape index (κ3) is 3.82. The molecule has 8 heteroatoms. The minimum Gasteiger partial charge on any atom is -0.321 e. The van der Waals surface area contributed by atoms with Crippen molar-refractivity contribution in [1.82, 2.24) is 4.31 Å². The highest BCUT2D eigenvalue weighted by atomic mass is 35.5. The van der Waals surface area contributed by atoms with Crippen molar-refractivity contribution < 1.29 is 13.2 Å². The second-order valence-electron chi connectivity index (χ2n) is 5.69. The molecule has 0 spiro atoms. The number of amides is 1. The predicted molar refractivity (Wildman–Crippen MR) is 98.9 cm³/mol. The molecule has 0 saturated carbocycles. The van der Waals surface area contributed by atoms with Gasteiger partial charge in [0.25, 0.3) is 5.91 Å². The molecule has 1 heterocycles. The van der Waals surface area contributed by atoms with E-state index in [9.17, 15) is 13.2 Å². The van der Waals surface area contributed by atoms with E-state index in [2.05, 4.69) is 5.32 Å². The molecule has 0 aliphatic carbocycles. The van der Waals surface area contributed by atoms with Gasteiger partial charge in [0.2, 0.25) is 10.0 Å². The molecule has 0 bridgehead atoms. The van der Waals surface area contributed by atoms with Crippen molar-refractivity contribution in [1.29, 1.82) is 0 Å². The van der Waals surface area contributed by atoms with Crippen LogP contribution in [-0.2, 0) is 10.0 Å². The monoisotopic (exact) mass is 398 g/mol. The van der Waals surface area contributed by atoms with Crippen LogP contribution in [0.5, 0.6) is 0 Å². The van der Waals surface area contributed by atoms with E-state index in [1.807, 2.05) is 0 Å². The normalized spacial score (nSPS) is 15.3. The Morgan fingerprint density at radius 2 is 1.64 bits per heavy atom. The lowest BCUT2D eigenvalue weighted by Gasteiger charge is -2.15. The summed E-state index contributed by atoms with van der Waals surface area (Å²) in [5.74, 6) is -0.394. The number of halogens is 2. The Balaban J connectivity index is 1.78. The summed E-state index contributed by atoms with van der Waals surface area (Å²) in [5, 5.41) is 3.26. The van der Waals surface area contributed by atoms with Gasteiger partial charge in [-0.1, -0.05) is 29.3 Å². The van der Waals surface area contributed by atoms with Crippen LogP contribution >= 0.6 is 23.2 Å².